The maximum absolute atomic E-state index is 13.3. The molecular weight excluding hydrogens is 358 g/mol. The third-order valence-corrected chi connectivity index (χ3v) is 7.39. The summed E-state index contributed by atoms with van der Waals surface area (Å²) in [7, 11) is 0. The van der Waals surface area contributed by atoms with E-state index in [2.05, 4.69) is 59.5 Å². The number of fused-ring (bicyclic) bond motifs is 1. The normalized spacial score (nSPS) is 29.1. The van der Waals surface area contributed by atoms with Crippen LogP contribution in [0.25, 0.3) is 0 Å². The molecule has 1 amide bonds. The standard InChI is InChI=1S/C26H31NO2/c28-26(21-12-7-13-21)27(17-19-8-3-1-4-9-19)24-14-22-16-25(29-18-23(22)15-24)20-10-5-2-6-11-20/h1-6,8-11,21-25H,7,12-18H2/t22-,23+,24-,25-/m0/s1. The average molecular weight is 390 g/mol. The minimum Gasteiger partial charge on any atom is -0.373 e. The number of hydrogen-bond donors (Lipinski definition) is 0. The topological polar surface area (TPSA) is 29.5 Å². The van der Waals surface area contributed by atoms with Crippen molar-refractivity contribution < 1.29 is 9.53 Å². The highest BCUT2D eigenvalue weighted by molar-refractivity contribution is 5.80. The van der Waals surface area contributed by atoms with Gasteiger partial charge in [-0.3, -0.25) is 4.79 Å². The third kappa shape index (κ3) is 3.98. The van der Waals surface area contributed by atoms with Crippen molar-refractivity contribution in [2.75, 3.05) is 6.61 Å². The first kappa shape index (κ1) is 18.9. The van der Waals surface area contributed by atoms with E-state index in [9.17, 15) is 4.79 Å². The summed E-state index contributed by atoms with van der Waals surface area (Å²) in [4.78, 5) is 15.5. The van der Waals surface area contributed by atoms with Gasteiger partial charge in [-0.1, -0.05) is 67.1 Å². The van der Waals surface area contributed by atoms with E-state index in [1.807, 2.05) is 6.07 Å². The summed E-state index contributed by atoms with van der Waals surface area (Å²) in [6.45, 7) is 1.58. The maximum Gasteiger partial charge on any atom is 0.226 e. The molecule has 2 aromatic rings. The molecule has 152 valence electrons. The monoisotopic (exact) mass is 389 g/mol. The molecule has 0 spiro atoms. The first-order valence-corrected chi connectivity index (χ1v) is 11.3. The molecule has 5 rings (SSSR count). The van der Waals surface area contributed by atoms with Gasteiger partial charge in [-0.2, -0.15) is 0 Å². The van der Waals surface area contributed by atoms with Gasteiger partial charge in [0.15, 0.2) is 0 Å². The van der Waals surface area contributed by atoms with Crippen molar-refractivity contribution in [3.63, 3.8) is 0 Å². The summed E-state index contributed by atoms with van der Waals surface area (Å²) in [5.74, 6) is 1.90. The Bertz CT molecular complexity index is 817. The van der Waals surface area contributed by atoms with E-state index in [-0.39, 0.29) is 12.0 Å². The van der Waals surface area contributed by atoms with Gasteiger partial charge in [0, 0.05) is 18.5 Å². The largest absolute Gasteiger partial charge is 0.373 e. The molecule has 1 aliphatic heterocycles. The van der Waals surface area contributed by atoms with Crippen molar-refractivity contribution in [3.8, 4) is 0 Å². The van der Waals surface area contributed by atoms with Crippen LogP contribution in [0.2, 0.25) is 0 Å². The van der Waals surface area contributed by atoms with Gasteiger partial charge in [0.05, 0.1) is 12.7 Å². The van der Waals surface area contributed by atoms with Crippen LogP contribution in [-0.4, -0.2) is 23.5 Å². The second-order valence-electron chi connectivity index (χ2n) is 9.19. The van der Waals surface area contributed by atoms with Gasteiger partial charge in [0.1, 0.15) is 0 Å². The van der Waals surface area contributed by atoms with Crippen LogP contribution in [0, 0.1) is 17.8 Å². The number of nitrogens with zero attached hydrogens (tertiary/aromatic N) is 1. The Balaban J connectivity index is 1.31. The molecule has 0 N–H and O–H groups in total. The van der Waals surface area contributed by atoms with E-state index in [1.165, 1.54) is 17.5 Å². The first-order valence-electron chi connectivity index (χ1n) is 11.3. The molecule has 3 fully saturated rings. The van der Waals surface area contributed by atoms with E-state index in [0.717, 1.165) is 45.3 Å². The van der Waals surface area contributed by atoms with E-state index >= 15 is 0 Å². The van der Waals surface area contributed by atoms with Crippen LogP contribution in [0.5, 0.6) is 0 Å². The highest BCUT2D eigenvalue weighted by atomic mass is 16.5. The fraction of sp³-hybridized carbons (Fsp3) is 0.500. The van der Waals surface area contributed by atoms with Crippen molar-refractivity contribution in [3.05, 3.63) is 71.8 Å². The molecule has 2 aliphatic carbocycles. The number of ether oxygens (including phenoxy) is 1. The number of benzene rings is 2. The molecule has 0 radical (unpaired) electrons. The molecule has 3 heteroatoms. The van der Waals surface area contributed by atoms with E-state index in [0.29, 0.717) is 23.8 Å². The Kier molecular flexibility index (Phi) is 5.41. The quantitative estimate of drug-likeness (QED) is 0.688. The molecule has 29 heavy (non-hydrogen) atoms. The smallest absolute Gasteiger partial charge is 0.226 e. The van der Waals surface area contributed by atoms with E-state index in [1.54, 1.807) is 0 Å². The fourth-order valence-corrected chi connectivity index (χ4v) is 5.47. The van der Waals surface area contributed by atoms with E-state index in [4.69, 9.17) is 4.74 Å². The second kappa shape index (κ2) is 8.31. The third-order valence-electron chi connectivity index (χ3n) is 7.39. The lowest BCUT2D eigenvalue weighted by atomic mass is 9.84. The Morgan fingerprint density at radius 3 is 2.28 bits per heavy atom. The number of hydrogen-bond acceptors (Lipinski definition) is 2. The summed E-state index contributed by atoms with van der Waals surface area (Å²) in [5.41, 5.74) is 2.54. The zero-order valence-corrected chi connectivity index (χ0v) is 17.1. The fourth-order valence-electron chi connectivity index (χ4n) is 5.47. The maximum atomic E-state index is 13.3. The Hall–Kier alpha value is -2.13. The average Bonchev–Trinajstić information content (AvgIpc) is 3.15. The van der Waals surface area contributed by atoms with Crippen LogP contribution in [0.15, 0.2) is 60.7 Å². The minimum absolute atomic E-state index is 0.209. The van der Waals surface area contributed by atoms with Crippen LogP contribution in [-0.2, 0) is 16.1 Å². The molecule has 0 unspecified atom stereocenters. The first-order chi connectivity index (χ1) is 14.3. The summed E-state index contributed by atoms with van der Waals surface area (Å²) < 4.78 is 6.26. The van der Waals surface area contributed by atoms with Crippen LogP contribution >= 0.6 is 0 Å². The highest BCUT2D eigenvalue weighted by Crippen LogP contribution is 2.46. The van der Waals surface area contributed by atoms with Crippen molar-refractivity contribution >= 4 is 5.91 Å². The Morgan fingerprint density at radius 2 is 1.59 bits per heavy atom. The summed E-state index contributed by atoms with van der Waals surface area (Å²) in [6.07, 6.45) is 6.87. The molecule has 3 nitrogen and oxygen atoms in total. The van der Waals surface area contributed by atoms with Gasteiger partial charge in [-0.25, -0.2) is 0 Å². The van der Waals surface area contributed by atoms with E-state index < -0.39 is 0 Å². The zero-order chi connectivity index (χ0) is 19.6. The lowest BCUT2D eigenvalue weighted by Gasteiger charge is -2.36. The second-order valence-corrected chi connectivity index (χ2v) is 9.19. The molecule has 2 saturated carbocycles. The Morgan fingerprint density at radius 1 is 0.897 bits per heavy atom. The van der Waals surface area contributed by atoms with Gasteiger partial charge in [-0.05, 0) is 55.1 Å². The van der Waals surface area contributed by atoms with Crippen molar-refractivity contribution in [1.82, 2.24) is 4.90 Å². The summed E-state index contributed by atoms with van der Waals surface area (Å²) in [5, 5.41) is 0. The summed E-state index contributed by atoms with van der Waals surface area (Å²) >= 11 is 0. The molecule has 1 saturated heterocycles. The lowest BCUT2D eigenvalue weighted by molar-refractivity contribution is -0.141. The zero-order valence-electron chi connectivity index (χ0n) is 17.1. The van der Waals surface area contributed by atoms with Crippen LogP contribution in [0.1, 0.15) is 55.8 Å². The van der Waals surface area contributed by atoms with Gasteiger partial charge in [-0.15, -0.1) is 0 Å². The Labute approximate surface area is 174 Å². The van der Waals surface area contributed by atoms with Gasteiger partial charge in [0.2, 0.25) is 5.91 Å². The summed E-state index contributed by atoms with van der Waals surface area (Å²) in [6, 6.07) is 21.5. The van der Waals surface area contributed by atoms with Crippen LogP contribution < -0.4 is 0 Å². The number of amides is 1. The highest BCUT2D eigenvalue weighted by Gasteiger charge is 2.44. The molecule has 3 aliphatic rings. The predicted molar refractivity (Wildman–Crippen MR) is 114 cm³/mol. The minimum atomic E-state index is 0.209. The lowest BCUT2D eigenvalue weighted by Crippen LogP contribution is -2.44. The predicted octanol–water partition coefficient (Wildman–Crippen LogP) is 5.37. The van der Waals surface area contributed by atoms with Crippen LogP contribution in [0.4, 0.5) is 0 Å². The molecule has 0 bridgehead atoms. The van der Waals surface area contributed by atoms with Crippen molar-refractivity contribution in [2.45, 2.75) is 57.2 Å². The molecule has 0 aromatic heterocycles. The number of rotatable bonds is 5. The van der Waals surface area contributed by atoms with Gasteiger partial charge < -0.3 is 9.64 Å². The SMILES string of the molecule is O=C(C1CCC1)N(Cc1ccccc1)[C@@H]1C[C@@H]2CO[C@H](c3ccccc3)C[C@@H]2C1. The van der Waals surface area contributed by atoms with Gasteiger partial charge >= 0.3 is 0 Å². The molecule has 1 heterocycles. The molecule has 4 atom stereocenters. The molecule has 2 aromatic carbocycles. The molecular formula is C26H31NO2. The van der Waals surface area contributed by atoms with Crippen LogP contribution in [0.3, 0.4) is 0 Å². The number of carbonyl (C=O) groups is 1. The number of carbonyl (C=O) groups excluding carboxylic acids is 1. The van der Waals surface area contributed by atoms with Gasteiger partial charge in [0.25, 0.3) is 0 Å². The van der Waals surface area contributed by atoms with Crippen molar-refractivity contribution in [1.29, 1.82) is 0 Å². The van der Waals surface area contributed by atoms with Crippen molar-refractivity contribution in [2.24, 2.45) is 17.8 Å².